The molecule has 1 amide bonds. The maximum absolute atomic E-state index is 12.3. The molecule has 20 heavy (non-hydrogen) atoms. The molecule has 110 valence electrons. The Morgan fingerprint density at radius 2 is 2.20 bits per heavy atom. The van der Waals surface area contributed by atoms with Gasteiger partial charge in [0.25, 0.3) is 5.91 Å². The molecular weight excluding hydrogens is 294 g/mol. The fraction of sp³-hybridized carbons (Fsp3) is 0.692. The summed E-state index contributed by atoms with van der Waals surface area (Å²) in [5, 5.41) is 4.00. The van der Waals surface area contributed by atoms with Crippen molar-refractivity contribution in [1.29, 1.82) is 0 Å². The zero-order valence-electron chi connectivity index (χ0n) is 11.6. The predicted octanol–water partition coefficient (Wildman–Crippen LogP) is 1.73. The first-order chi connectivity index (χ1) is 9.78. The fourth-order valence-electron chi connectivity index (χ4n) is 2.12. The van der Waals surface area contributed by atoms with E-state index in [0.717, 1.165) is 48.3 Å². The molecule has 0 atom stereocenters. The first-order valence-electron chi connectivity index (χ1n) is 6.90. The van der Waals surface area contributed by atoms with Crippen molar-refractivity contribution in [2.75, 3.05) is 36.6 Å². The third-order valence-electron chi connectivity index (χ3n) is 3.37. The summed E-state index contributed by atoms with van der Waals surface area (Å²) in [7, 11) is 1.64. The Labute approximate surface area is 127 Å². The van der Waals surface area contributed by atoms with E-state index >= 15 is 0 Å². The minimum Gasteiger partial charge on any atom is -0.378 e. The van der Waals surface area contributed by atoms with E-state index in [2.05, 4.69) is 15.2 Å². The number of carbonyl (C=O) groups excluding carboxylic acids is 1. The van der Waals surface area contributed by atoms with Crippen LogP contribution in [0.1, 0.15) is 28.2 Å². The van der Waals surface area contributed by atoms with Gasteiger partial charge in [0.05, 0.1) is 12.3 Å². The topological polar surface area (TPSA) is 54.5 Å². The number of nitrogens with one attached hydrogen (secondary N) is 1. The van der Waals surface area contributed by atoms with Crippen LogP contribution in [-0.4, -0.2) is 48.6 Å². The van der Waals surface area contributed by atoms with E-state index in [9.17, 15) is 4.79 Å². The second-order valence-corrected chi connectivity index (χ2v) is 7.25. The van der Waals surface area contributed by atoms with Crippen LogP contribution >= 0.6 is 23.1 Å². The van der Waals surface area contributed by atoms with Gasteiger partial charge in [-0.2, -0.15) is 11.8 Å². The quantitative estimate of drug-likeness (QED) is 0.897. The molecule has 0 aromatic carbocycles. The number of amides is 1. The molecule has 1 saturated carbocycles. The first kappa shape index (κ1) is 14.2. The third kappa shape index (κ3) is 3.27. The number of nitrogens with zero attached hydrogens (tertiary/aromatic N) is 2. The lowest BCUT2D eigenvalue weighted by molar-refractivity contribution is 0.0950. The molecule has 0 radical (unpaired) electrons. The Morgan fingerprint density at radius 3 is 2.85 bits per heavy atom. The Bertz CT molecular complexity index is 482. The molecule has 0 bridgehead atoms. The molecule has 1 aromatic rings. The summed E-state index contributed by atoms with van der Waals surface area (Å²) in [5.74, 6) is 2.26. The fourth-order valence-corrected chi connectivity index (χ4v) is 4.05. The molecule has 5 nitrogen and oxygen atoms in total. The maximum Gasteiger partial charge on any atom is 0.263 e. The Morgan fingerprint density at radius 1 is 1.45 bits per heavy atom. The van der Waals surface area contributed by atoms with Gasteiger partial charge < -0.3 is 15.0 Å². The second-order valence-electron chi connectivity index (χ2n) is 5.05. The molecule has 3 rings (SSSR count). The molecule has 1 saturated heterocycles. The van der Waals surface area contributed by atoms with Gasteiger partial charge in [0.1, 0.15) is 4.88 Å². The van der Waals surface area contributed by atoms with Crippen LogP contribution in [0.4, 0.5) is 5.13 Å². The number of rotatable bonds is 5. The van der Waals surface area contributed by atoms with Crippen molar-refractivity contribution in [2.45, 2.75) is 25.5 Å². The van der Waals surface area contributed by atoms with E-state index in [1.54, 1.807) is 7.11 Å². The number of thiazole rings is 1. The number of carbonyl (C=O) groups is 1. The molecule has 0 unspecified atom stereocenters. The average Bonchev–Trinajstić information content (AvgIpc) is 3.17. The summed E-state index contributed by atoms with van der Waals surface area (Å²) >= 11 is 3.47. The lowest BCUT2D eigenvalue weighted by Gasteiger charge is -2.25. The largest absolute Gasteiger partial charge is 0.378 e. The van der Waals surface area contributed by atoms with Crippen molar-refractivity contribution < 1.29 is 9.53 Å². The Balaban J connectivity index is 1.78. The van der Waals surface area contributed by atoms with Crippen LogP contribution in [0.3, 0.4) is 0 Å². The SMILES string of the molecule is COCc1nc(N2CCSCC2)sc1C(=O)NC1CC1. The van der Waals surface area contributed by atoms with Gasteiger partial charge in [-0.1, -0.05) is 11.3 Å². The summed E-state index contributed by atoms with van der Waals surface area (Å²) in [6.07, 6.45) is 2.20. The van der Waals surface area contributed by atoms with Gasteiger partial charge in [-0.25, -0.2) is 4.98 Å². The lowest BCUT2D eigenvalue weighted by Crippen LogP contribution is -2.32. The lowest BCUT2D eigenvalue weighted by atomic mass is 10.3. The summed E-state index contributed by atoms with van der Waals surface area (Å²) < 4.78 is 5.18. The highest BCUT2D eigenvalue weighted by Crippen LogP contribution is 2.29. The molecule has 1 aliphatic carbocycles. The van der Waals surface area contributed by atoms with Crippen molar-refractivity contribution in [2.24, 2.45) is 0 Å². The number of ether oxygens (including phenoxy) is 1. The highest BCUT2D eigenvalue weighted by Gasteiger charge is 2.27. The van der Waals surface area contributed by atoms with Gasteiger partial charge in [0.15, 0.2) is 5.13 Å². The van der Waals surface area contributed by atoms with E-state index in [1.165, 1.54) is 11.3 Å². The van der Waals surface area contributed by atoms with Gasteiger partial charge in [-0.3, -0.25) is 4.79 Å². The zero-order chi connectivity index (χ0) is 13.9. The van der Waals surface area contributed by atoms with Crippen LogP contribution in [-0.2, 0) is 11.3 Å². The highest BCUT2D eigenvalue weighted by molar-refractivity contribution is 7.99. The van der Waals surface area contributed by atoms with Gasteiger partial charge in [-0.15, -0.1) is 0 Å². The maximum atomic E-state index is 12.3. The van der Waals surface area contributed by atoms with Crippen molar-refractivity contribution in [3.05, 3.63) is 10.6 Å². The summed E-state index contributed by atoms with van der Waals surface area (Å²) in [6, 6.07) is 0.370. The van der Waals surface area contributed by atoms with Crippen LogP contribution in [0.2, 0.25) is 0 Å². The molecule has 1 aliphatic heterocycles. The first-order valence-corrected chi connectivity index (χ1v) is 8.87. The normalized spacial score (nSPS) is 19.1. The minimum absolute atomic E-state index is 0.00897. The smallest absolute Gasteiger partial charge is 0.263 e. The van der Waals surface area contributed by atoms with Crippen LogP contribution in [0.15, 0.2) is 0 Å². The molecular formula is C13H19N3O2S2. The van der Waals surface area contributed by atoms with Crippen molar-refractivity contribution >= 4 is 34.1 Å². The van der Waals surface area contributed by atoms with E-state index in [0.29, 0.717) is 17.5 Å². The van der Waals surface area contributed by atoms with Crippen molar-refractivity contribution in [3.8, 4) is 0 Å². The van der Waals surface area contributed by atoms with Crippen LogP contribution in [0.5, 0.6) is 0 Å². The van der Waals surface area contributed by atoms with Gasteiger partial charge in [-0.05, 0) is 12.8 Å². The number of methoxy groups -OCH3 is 1. The van der Waals surface area contributed by atoms with Gasteiger partial charge >= 0.3 is 0 Å². The minimum atomic E-state index is 0.00897. The molecule has 2 aliphatic rings. The summed E-state index contributed by atoms with van der Waals surface area (Å²) in [5.41, 5.74) is 0.767. The van der Waals surface area contributed by atoms with Crippen LogP contribution in [0.25, 0.3) is 0 Å². The molecule has 2 fully saturated rings. The van der Waals surface area contributed by atoms with Gasteiger partial charge in [0, 0.05) is 37.7 Å². The zero-order valence-corrected chi connectivity index (χ0v) is 13.2. The highest BCUT2D eigenvalue weighted by atomic mass is 32.2. The van der Waals surface area contributed by atoms with Crippen LogP contribution < -0.4 is 10.2 Å². The molecule has 0 spiro atoms. The van der Waals surface area contributed by atoms with Crippen molar-refractivity contribution in [1.82, 2.24) is 10.3 Å². The number of aromatic nitrogens is 1. The van der Waals surface area contributed by atoms with Crippen LogP contribution in [0, 0.1) is 0 Å². The van der Waals surface area contributed by atoms with Gasteiger partial charge in [0.2, 0.25) is 0 Å². The molecule has 2 heterocycles. The number of thioether (sulfide) groups is 1. The van der Waals surface area contributed by atoms with E-state index in [1.807, 2.05) is 11.8 Å². The standard InChI is InChI=1S/C13H19N3O2S2/c1-18-8-10-11(12(17)14-9-2-3-9)20-13(15-10)16-4-6-19-7-5-16/h9H,2-8H2,1H3,(H,14,17). The monoisotopic (exact) mass is 313 g/mol. The Kier molecular flexibility index (Phi) is 4.48. The second kappa shape index (κ2) is 6.32. The third-order valence-corrected chi connectivity index (χ3v) is 5.47. The summed E-state index contributed by atoms with van der Waals surface area (Å²) in [4.78, 5) is 19.9. The molecule has 1 aromatic heterocycles. The number of hydrogen-bond donors (Lipinski definition) is 1. The average molecular weight is 313 g/mol. The van der Waals surface area contributed by atoms with E-state index in [-0.39, 0.29) is 5.91 Å². The molecule has 7 heteroatoms. The predicted molar refractivity (Wildman–Crippen MR) is 82.9 cm³/mol. The van der Waals surface area contributed by atoms with E-state index < -0.39 is 0 Å². The number of anilines is 1. The Hall–Kier alpha value is -0.790. The molecule has 1 N–H and O–H groups in total. The van der Waals surface area contributed by atoms with E-state index in [4.69, 9.17) is 4.74 Å². The summed E-state index contributed by atoms with van der Waals surface area (Å²) in [6.45, 7) is 2.41. The number of hydrogen-bond acceptors (Lipinski definition) is 6. The van der Waals surface area contributed by atoms with Crippen molar-refractivity contribution in [3.63, 3.8) is 0 Å².